The summed E-state index contributed by atoms with van der Waals surface area (Å²) in [6, 6.07) is 20.3. The van der Waals surface area contributed by atoms with Crippen LogP contribution in [0.1, 0.15) is 11.1 Å². The van der Waals surface area contributed by atoms with Crippen molar-refractivity contribution in [2.45, 2.75) is 19.2 Å². The first-order valence-corrected chi connectivity index (χ1v) is 10.3. The van der Waals surface area contributed by atoms with Gasteiger partial charge in [0.25, 0.3) is 0 Å². The molecule has 4 aromatic rings. The lowest BCUT2D eigenvalue weighted by Crippen LogP contribution is -2.17. The molecule has 5 rings (SSSR count). The lowest BCUT2D eigenvalue weighted by Gasteiger charge is -2.23. The average Bonchev–Trinajstić information content (AvgIpc) is 2.77. The van der Waals surface area contributed by atoms with Crippen LogP contribution in [-0.2, 0) is 12.8 Å². The van der Waals surface area contributed by atoms with Gasteiger partial charge in [-0.05, 0) is 77.6 Å². The molecule has 1 aromatic heterocycles. The molecule has 0 saturated carbocycles. The molecule has 3 N–H and O–H groups in total. The van der Waals surface area contributed by atoms with Gasteiger partial charge in [-0.2, -0.15) is 0 Å². The predicted octanol–water partition coefficient (Wildman–Crippen LogP) is 6.37. The van der Waals surface area contributed by atoms with E-state index in [0.29, 0.717) is 11.4 Å². The number of phenolic OH excluding ortho intramolecular Hbond substituents is 1. The Labute approximate surface area is 188 Å². The van der Waals surface area contributed by atoms with Crippen LogP contribution in [-0.4, -0.2) is 16.5 Å². The fourth-order valence-corrected chi connectivity index (χ4v) is 4.27. The Bertz CT molecular complexity index is 1350. The third-order valence-electron chi connectivity index (χ3n) is 5.69. The number of nitrogens with zero attached hydrogens (tertiary/aromatic N) is 1. The maximum absolute atomic E-state index is 12.6. The number of hydrogen-bond acceptors (Lipinski definition) is 4. The zero-order valence-electron chi connectivity index (χ0n) is 17.4. The maximum Gasteiger partial charge on any atom is 0.573 e. The van der Waals surface area contributed by atoms with Gasteiger partial charge in [0.2, 0.25) is 0 Å². The van der Waals surface area contributed by atoms with Crippen LogP contribution in [0.5, 0.6) is 11.5 Å². The molecule has 0 unspecified atom stereocenters. The van der Waals surface area contributed by atoms with Crippen LogP contribution < -0.4 is 10.5 Å². The highest BCUT2D eigenvalue weighted by atomic mass is 19.4. The summed E-state index contributed by atoms with van der Waals surface area (Å²) in [6.45, 7) is 0. The molecule has 0 saturated heterocycles. The minimum atomic E-state index is -4.74. The summed E-state index contributed by atoms with van der Waals surface area (Å²) in [5.41, 5.74) is 13.6. The first kappa shape index (κ1) is 20.9. The number of ether oxygens (including phenoxy) is 1. The normalized spacial score (nSPS) is 12.7. The lowest BCUT2D eigenvalue weighted by molar-refractivity contribution is -0.274. The van der Waals surface area contributed by atoms with Crippen molar-refractivity contribution in [1.29, 1.82) is 0 Å². The van der Waals surface area contributed by atoms with Gasteiger partial charge in [-0.15, -0.1) is 13.2 Å². The summed E-state index contributed by atoms with van der Waals surface area (Å²) in [5, 5.41) is 9.96. The summed E-state index contributed by atoms with van der Waals surface area (Å²) < 4.78 is 41.7. The van der Waals surface area contributed by atoms with Gasteiger partial charge in [-0.3, -0.25) is 0 Å². The molecule has 0 radical (unpaired) electrons. The highest BCUT2D eigenvalue weighted by Crippen LogP contribution is 2.41. The van der Waals surface area contributed by atoms with Crippen LogP contribution in [0.4, 0.5) is 18.9 Å². The van der Waals surface area contributed by atoms with E-state index in [-0.39, 0.29) is 11.5 Å². The van der Waals surface area contributed by atoms with Crippen molar-refractivity contribution in [1.82, 2.24) is 4.98 Å². The molecule has 1 aliphatic carbocycles. The quantitative estimate of drug-likeness (QED) is 0.358. The van der Waals surface area contributed by atoms with E-state index in [1.165, 1.54) is 12.1 Å². The molecule has 0 bridgehead atoms. The van der Waals surface area contributed by atoms with Gasteiger partial charge >= 0.3 is 6.36 Å². The van der Waals surface area contributed by atoms with E-state index in [1.807, 2.05) is 30.3 Å². The van der Waals surface area contributed by atoms with Crippen molar-refractivity contribution >= 4 is 5.69 Å². The van der Waals surface area contributed by atoms with Crippen LogP contribution in [0.2, 0.25) is 0 Å². The molecule has 3 aromatic carbocycles. The number of benzene rings is 3. The highest BCUT2D eigenvalue weighted by Gasteiger charge is 2.31. The van der Waals surface area contributed by atoms with Crippen LogP contribution in [0.15, 0.2) is 72.8 Å². The molecule has 33 heavy (non-hydrogen) atoms. The minimum Gasteiger partial charge on any atom is -0.508 e. The summed E-state index contributed by atoms with van der Waals surface area (Å²) >= 11 is 0. The number of phenols is 1. The van der Waals surface area contributed by atoms with Crippen LogP contribution in [0.3, 0.4) is 0 Å². The highest BCUT2D eigenvalue weighted by molar-refractivity contribution is 5.84. The first-order chi connectivity index (χ1) is 15.8. The minimum absolute atomic E-state index is 0.121. The largest absolute Gasteiger partial charge is 0.573 e. The van der Waals surface area contributed by atoms with Crippen LogP contribution in [0, 0.1) is 0 Å². The summed E-state index contributed by atoms with van der Waals surface area (Å²) in [7, 11) is 0. The fraction of sp³-hybridized carbons (Fsp3) is 0.115. The van der Waals surface area contributed by atoms with Crippen molar-refractivity contribution in [3.8, 4) is 45.1 Å². The lowest BCUT2D eigenvalue weighted by atomic mass is 9.84. The molecule has 0 spiro atoms. The predicted molar refractivity (Wildman–Crippen MR) is 121 cm³/mol. The number of rotatable bonds is 3. The molecular weight excluding hydrogens is 429 g/mol. The third-order valence-corrected chi connectivity index (χ3v) is 5.69. The summed E-state index contributed by atoms with van der Waals surface area (Å²) in [6.07, 6.45) is -3.25. The SMILES string of the molecule is Nc1ccc2c(c1)CCc1c(-c3ccc(OC(F)(F)F)cc3)cc(-c3cccc(O)c3)nc1-2. The van der Waals surface area contributed by atoms with Crippen molar-refractivity contribution in [3.05, 3.63) is 83.9 Å². The molecule has 7 heteroatoms. The molecule has 166 valence electrons. The zero-order chi connectivity index (χ0) is 23.2. The summed E-state index contributed by atoms with van der Waals surface area (Å²) in [5.74, 6) is -0.154. The third kappa shape index (κ3) is 4.22. The topological polar surface area (TPSA) is 68.4 Å². The van der Waals surface area contributed by atoms with Crippen molar-refractivity contribution in [2.75, 3.05) is 5.73 Å². The standard InChI is InChI=1S/C26H19F3N2O2/c27-26(28,29)33-20-8-4-15(5-9-20)23-14-24(17-2-1-3-19(32)13-17)31-25-21-11-7-18(30)12-16(21)6-10-22(23)25/h1-5,7-9,11-14,32H,6,10,30H2. The summed E-state index contributed by atoms with van der Waals surface area (Å²) in [4.78, 5) is 4.92. The molecule has 0 atom stereocenters. The number of aromatic nitrogens is 1. The second kappa shape index (κ2) is 7.85. The van der Waals surface area contributed by atoms with Gasteiger partial charge in [0.1, 0.15) is 11.5 Å². The molecule has 1 heterocycles. The molecule has 4 nitrogen and oxygen atoms in total. The number of hydrogen-bond donors (Lipinski definition) is 2. The zero-order valence-corrected chi connectivity index (χ0v) is 17.4. The average molecular weight is 448 g/mol. The number of anilines is 1. The number of pyridine rings is 1. The Morgan fingerprint density at radius 3 is 2.36 bits per heavy atom. The van der Waals surface area contributed by atoms with Crippen LogP contribution in [0.25, 0.3) is 33.6 Å². The van der Waals surface area contributed by atoms with E-state index in [4.69, 9.17) is 10.7 Å². The van der Waals surface area contributed by atoms with Gasteiger partial charge < -0.3 is 15.6 Å². The Balaban J connectivity index is 1.68. The molecule has 1 aliphatic rings. The van der Waals surface area contributed by atoms with Gasteiger partial charge in [0.05, 0.1) is 11.4 Å². The number of alkyl halides is 3. The van der Waals surface area contributed by atoms with Crippen molar-refractivity contribution in [3.63, 3.8) is 0 Å². The first-order valence-electron chi connectivity index (χ1n) is 10.3. The van der Waals surface area contributed by atoms with Crippen LogP contribution >= 0.6 is 0 Å². The van der Waals surface area contributed by atoms with E-state index in [1.54, 1.807) is 30.3 Å². The number of aryl methyl sites for hydroxylation is 1. The second-order valence-corrected chi connectivity index (χ2v) is 7.92. The second-order valence-electron chi connectivity index (χ2n) is 7.92. The number of fused-ring (bicyclic) bond motifs is 3. The number of nitrogens with two attached hydrogens (primary N) is 1. The molecular formula is C26H19F3N2O2. The van der Waals surface area contributed by atoms with Gasteiger partial charge in [0.15, 0.2) is 0 Å². The van der Waals surface area contributed by atoms with Gasteiger partial charge in [-0.25, -0.2) is 4.98 Å². The molecule has 0 amide bonds. The number of halogens is 3. The van der Waals surface area contributed by atoms with E-state index >= 15 is 0 Å². The van der Waals surface area contributed by atoms with Gasteiger partial charge in [-0.1, -0.05) is 30.3 Å². The van der Waals surface area contributed by atoms with E-state index in [0.717, 1.165) is 51.9 Å². The molecule has 0 aliphatic heterocycles. The van der Waals surface area contributed by atoms with E-state index in [2.05, 4.69) is 4.74 Å². The maximum atomic E-state index is 12.6. The molecule has 0 fully saturated rings. The Morgan fingerprint density at radius 2 is 1.64 bits per heavy atom. The number of aromatic hydroxyl groups is 1. The smallest absolute Gasteiger partial charge is 0.508 e. The Hall–Kier alpha value is -4.00. The Kier molecular flexibility index (Phi) is 4.96. The van der Waals surface area contributed by atoms with E-state index in [9.17, 15) is 18.3 Å². The Morgan fingerprint density at radius 1 is 0.848 bits per heavy atom. The van der Waals surface area contributed by atoms with Crippen molar-refractivity contribution < 1.29 is 23.0 Å². The van der Waals surface area contributed by atoms with Crippen molar-refractivity contribution in [2.24, 2.45) is 0 Å². The monoisotopic (exact) mass is 448 g/mol. The fourth-order valence-electron chi connectivity index (χ4n) is 4.27. The number of nitrogen functional groups attached to an aromatic ring is 1. The van der Waals surface area contributed by atoms with E-state index < -0.39 is 6.36 Å². The van der Waals surface area contributed by atoms with Gasteiger partial charge in [0, 0.05) is 16.8 Å².